The lowest BCUT2D eigenvalue weighted by Crippen LogP contribution is -2.50. The molecular weight excluding hydrogens is 525 g/mol. The summed E-state index contributed by atoms with van der Waals surface area (Å²) in [5, 5.41) is 1.60. The number of benzene rings is 2. The van der Waals surface area contributed by atoms with E-state index >= 15 is 0 Å². The van der Waals surface area contributed by atoms with E-state index in [0.29, 0.717) is 75.2 Å². The smallest absolute Gasteiger partial charge is 0.260 e. The van der Waals surface area contributed by atoms with Gasteiger partial charge in [0.15, 0.2) is 23.6 Å². The second-order valence-electron chi connectivity index (χ2n) is 8.07. The van der Waals surface area contributed by atoms with Gasteiger partial charge in [0.2, 0.25) is 5.95 Å². The molecule has 1 saturated heterocycles. The molecule has 5 rings (SSSR count). The maximum Gasteiger partial charge on any atom is 0.260 e. The molecule has 2 N–H and O–H groups in total. The van der Waals surface area contributed by atoms with E-state index in [1.165, 1.54) is 0 Å². The zero-order valence-corrected chi connectivity index (χ0v) is 21.1. The highest BCUT2D eigenvalue weighted by Gasteiger charge is 2.25. The molecular formula is C24H20Cl3N7O2. The molecule has 4 aromatic rings. The molecule has 1 aliphatic rings. The maximum atomic E-state index is 12.7. The van der Waals surface area contributed by atoms with Crippen molar-refractivity contribution in [3.8, 4) is 17.0 Å². The highest BCUT2D eigenvalue weighted by Crippen LogP contribution is 2.31. The average Bonchev–Trinajstić information content (AvgIpc) is 2.87. The Balaban J connectivity index is 1.32. The zero-order valence-electron chi connectivity index (χ0n) is 18.9. The molecule has 184 valence electrons. The normalized spacial score (nSPS) is 13.8. The SMILES string of the molecule is Nc1nc(N2CCN(C(=O)COc3ccc(Cl)cc3)CC2)c2nc(-c3ccc(Cl)cc3Cl)cnc2n1. The van der Waals surface area contributed by atoms with E-state index in [1.807, 2.05) is 4.90 Å². The average molecular weight is 545 g/mol. The Morgan fingerprint density at radius 2 is 1.67 bits per heavy atom. The van der Waals surface area contributed by atoms with Crippen LogP contribution in [0.4, 0.5) is 11.8 Å². The third-order valence-corrected chi connectivity index (χ3v) is 6.52. The molecule has 0 aliphatic carbocycles. The third-order valence-electron chi connectivity index (χ3n) is 5.72. The first kappa shape index (κ1) is 24.3. The van der Waals surface area contributed by atoms with Gasteiger partial charge < -0.3 is 20.3 Å². The third kappa shape index (κ3) is 5.23. The van der Waals surface area contributed by atoms with E-state index < -0.39 is 0 Å². The number of ether oxygens (including phenoxy) is 1. The Labute approximate surface area is 221 Å². The minimum Gasteiger partial charge on any atom is -0.484 e. The minimum absolute atomic E-state index is 0.0539. The van der Waals surface area contributed by atoms with Crippen LogP contribution >= 0.6 is 34.8 Å². The molecule has 0 unspecified atom stereocenters. The first-order valence-corrected chi connectivity index (χ1v) is 12.2. The van der Waals surface area contributed by atoms with Crippen LogP contribution in [-0.4, -0.2) is 63.5 Å². The van der Waals surface area contributed by atoms with E-state index in [0.717, 1.165) is 0 Å². The number of anilines is 2. The molecule has 9 nitrogen and oxygen atoms in total. The number of carbonyl (C=O) groups excluding carboxylic acids is 1. The number of halogens is 3. The Hall–Kier alpha value is -3.40. The number of piperazine rings is 1. The van der Waals surface area contributed by atoms with Crippen LogP contribution in [0, 0.1) is 0 Å². The van der Waals surface area contributed by atoms with Crippen LogP contribution in [0.15, 0.2) is 48.7 Å². The van der Waals surface area contributed by atoms with E-state index in [-0.39, 0.29) is 18.5 Å². The zero-order chi connectivity index (χ0) is 25.2. The Kier molecular flexibility index (Phi) is 6.95. The Bertz CT molecular complexity index is 1430. The largest absolute Gasteiger partial charge is 0.484 e. The molecule has 3 heterocycles. The summed E-state index contributed by atoms with van der Waals surface area (Å²) in [4.78, 5) is 34.3. The van der Waals surface area contributed by atoms with Crippen molar-refractivity contribution in [2.24, 2.45) is 0 Å². The second kappa shape index (κ2) is 10.3. The van der Waals surface area contributed by atoms with Gasteiger partial charge in [-0.15, -0.1) is 0 Å². The van der Waals surface area contributed by atoms with Gasteiger partial charge in [-0.1, -0.05) is 34.8 Å². The first-order valence-electron chi connectivity index (χ1n) is 11.0. The van der Waals surface area contributed by atoms with E-state index in [9.17, 15) is 4.79 Å². The second-order valence-corrected chi connectivity index (χ2v) is 9.35. The molecule has 0 radical (unpaired) electrons. The van der Waals surface area contributed by atoms with Crippen molar-refractivity contribution < 1.29 is 9.53 Å². The number of hydrogen-bond acceptors (Lipinski definition) is 8. The van der Waals surface area contributed by atoms with Gasteiger partial charge in [0.05, 0.1) is 16.9 Å². The van der Waals surface area contributed by atoms with Gasteiger partial charge in [0.25, 0.3) is 5.91 Å². The molecule has 1 fully saturated rings. The van der Waals surface area contributed by atoms with Crippen molar-refractivity contribution in [1.29, 1.82) is 0 Å². The molecule has 2 aromatic carbocycles. The molecule has 1 aliphatic heterocycles. The van der Waals surface area contributed by atoms with Crippen LogP contribution in [0.3, 0.4) is 0 Å². The van der Waals surface area contributed by atoms with Crippen LogP contribution in [0.2, 0.25) is 15.1 Å². The maximum absolute atomic E-state index is 12.7. The predicted octanol–water partition coefficient (Wildman–Crippen LogP) is 4.36. The van der Waals surface area contributed by atoms with Crippen LogP contribution in [0.5, 0.6) is 5.75 Å². The van der Waals surface area contributed by atoms with Gasteiger partial charge in [-0.3, -0.25) is 4.79 Å². The summed E-state index contributed by atoms with van der Waals surface area (Å²) in [6.07, 6.45) is 1.59. The number of nitrogens with two attached hydrogens (primary N) is 1. The van der Waals surface area contributed by atoms with Gasteiger partial charge in [-0.25, -0.2) is 9.97 Å². The number of rotatable bonds is 5. The molecule has 0 spiro atoms. The lowest BCUT2D eigenvalue weighted by molar-refractivity contribution is -0.133. The van der Waals surface area contributed by atoms with Gasteiger partial charge in [0.1, 0.15) is 5.75 Å². The predicted molar refractivity (Wildman–Crippen MR) is 141 cm³/mol. The molecule has 2 aromatic heterocycles. The number of carbonyl (C=O) groups is 1. The van der Waals surface area contributed by atoms with Crippen LogP contribution < -0.4 is 15.4 Å². The lowest BCUT2D eigenvalue weighted by atomic mass is 10.1. The molecule has 0 saturated carbocycles. The van der Waals surface area contributed by atoms with Gasteiger partial charge in [-0.2, -0.15) is 9.97 Å². The van der Waals surface area contributed by atoms with Gasteiger partial charge in [0, 0.05) is 41.8 Å². The fourth-order valence-corrected chi connectivity index (χ4v) is 4.52. The summed E-state index contributed by atoms with van der Waals surface area (Å²) in [6, 6.07) is 12.1. The van der Waals surface area contributed by atoms with E-state index in [1.54, 1.807) is 53.6 Å². The van der Waals surface area contributed by atoms with Gasteiger partial charge in [-0.05, 0) is 42.5 Å². The molecule has 12 heteroatoms. The highest BCUT2D eigenvalue weighted by molar-refractivity contribution is 6.36. The number of nitrogens with zero attached hydrogens (tertiary/aromatic N) is 6. The summed E-state index contributed by atoms with van der Waals surface area (Å²) in [6.45, 7) is 1.99. The molecule has 0 atom stereocenters. The summed E-state index contributed by atoms with van der Waals surface area (Å²) in [5.74, 6) is 1.14. The van der Waals surface area contributed by atoms with Crippen molar-refractivity contribution >= 4 is 63.6 Å². The van der Waals surface area contributed by atoms with Crippen LogP contribution in [0.1, 0.15) is 0 Å². The number of hydrogen-bond donors (Lipinski definition) is 1. The Morgan fingerprint density at radius 1 is 0.944 bits per heavy atom. The van der Waals surface area contributed by atoms with E-state index in [4.69, 9.17) is 50.3 Å². The van der Waals surface area contributed by atoms with Crippen molar-refractivity contribution in [2.45, 2.75) is 0 Å². The molecule has 36 heavy (non-hydrogen) atoms. The molecule has 0 bridgehead atoms. The van der Waals surface area contributed by atoms with Crippen molar-refractivity contribution in [1.82, 2.24) is 24.8 Å². The number of aromatic nitrogens is 4. The highest BCUT2D eigenvalue weighted by atomic mass is 35.5. The number of amides is 1. The van der Waals surface area contributed by atoms with Gasteiger partial charge >= 0.3 is 0 Å². The van der Waals surface area contributed by atoms with Crippen molar-refractivity contribution in [3.63, 3.8) is 0 Å². The van der Waals surface area contributed by atoms with Crippen LogP contribution in [-0.2, 0) is 4.79 Å². The van der Waals surface area contributed by atoms with E-state index in [2.05, 4.69) is 15.0 Å². The van der Waals surface area contributed by atoms with Crippen molar-refractivity contribution in [3.05, 3.63) is 63.7 Å². The fraction of sp³-hybridized carbons (Fsp3) is 0.208. The quantitative estimate of drug-likeness (QED) is 0.395. The monoisotopic (exact) mass is 543 g/mol. The topological polar surface area (TPSA) is 110 Å². The first-order chi connectivity index (χ1) is 17.4. The summed E-state index contributed by atoms with van der Waals surface area (Å²) >= 11 is 18.3. The molecule has 1 amide bonds. The lowest BCUT2D eigenvalue weighted by Gasteiger charge is -2.35. The Morgan fingerprint density at radius 3 is 2.39 bits per heavy atom. The standard InChI is InChI=1S/C24H20Cl3N7O2/c25-14-1-4-16(5-2-14)36-13-20(35)33-7-9-34(10-8-33)23-21-22(31-24(28)32-23)29-12-19(30-21)17-6-3-15(26)11-18(17)27/h1-6,11-12H,7-10,13H2,(H2,28,29,31,32). The van der Waals surface area contributed by atoms with Crippen molar-refractivity contribution in [2.75, 3.05) is 43.4 Å². The summed E-state index contributed by atoms with van der Waals surface area (Å²) in [5.41, 5.74) is 8.09. The number of nitrogen functional groups attached to an aromatic ring is 1. The fourth-order valence-electron chi connectivity index (χ4n) is 3.89. The van der Waals surface area contributed by atoms with Crippen LogP contribution in [0.25, 0.3) is 22.4 Å². The summed E-state index contributed by atoms with van der Waals surface area (Å²) in [7, 11) is 0. The minimum atomic E-state index is -0.101. The number of fused-ring (bicyclic) bond motifs is 1. The summed E-state index contributed by atoms with van der Waals surface area (Å²) < 4.78 is 5.60.